The summed E-state index contributed by atoms with van der Waals surface area (Å²) in [7, 11) is 3.06. The molecule has 1 saturated heterocycles. The lowest BCUT2D eigenvalue weighted by molar-refractivity contribution is -0.144. The Morgan fingerprint density at radius 3 is 2.35 bits per heavy atom. The maximum atomic E-state index is 12.9. The molecular weight excluding hydrogens is 338 g/mol. The Balaban J connectivity index is 1.71. The van der Waals surface area contributed by atoms with Gasteiger partial charge in [0.05, 0.1) is 19.9 Å². The number of ether oxygens (including phenoxy) is 2. The van der Waals surface area contributed by atoms with E-state index in [0.29, 0.717) is 56.2 Å². The molecule has 1 N–H and O–H groups in total. The van der Waals surface area contributed by atoms with Gasteiger partial charge in [0.2, 0.25) is 18.2 Å². The van der Waals surface area contributed by atoms with E-state index in [0.717, 1.165) is 6.41 Å². The van der Waals surface area contributed by atoms with Gasteiger partial charge in [-0.25, -0.2) is 0 Å². The van der Waals surface area contributed by atoms with Crippen molar-refractivity contribution in [1.29, 1.82) is 0 Å². The van der Waals surface area contributed by atoms with Gasteiger partial charge in [-0.05, 0) is 25.0 Å². The van der Waals surface area contributed by atoms with Gasteiger partial charge in [0.15, 0.2) is 0 Å². The molecule has 26 heavy (non-hydrogen) atoms. The first-order valence-electron chi connectivity index (χ1n) is 8.56. The van der Waals surface area contributed by atoms with Gasteiger partial charge < -0.3 is 24.6 Å². The Morgan fingerprint density at radius 2 is 1.81 bits per heavy atom. The molecule has 0 radical (unpaired) electrons. The summed E-state index contributed by atoms with van der Waals surface area (Å²) >= 11 is 0. The summed E-state index contributed by atoms with van der Waals surface area (Å²) in [6.45, 7) is 1.90. The second-order valence-electron chi connectivity index (χ2n) is 6.54. The van der Waals surface area contributed by atoms with Crippen molar-refractivity contribution in [3.63, 3.8) is 0 Å². The van der Waals surface area contributed by atoms with Crippen LogP contribution in [0.3, 0.4) is 0 Å². The van der Waals surface area contributed by atoms with Crippen molar-refractivity contribution >= 4 is 23.9 Å². The normalized spacial score (nSPS) is 18.1. The van der Waals surface area contributed by atoms with E-state index in [-0.39, 0.29) is 11.8 Å². The lowest BCUT2D eigenvalue weighted by atomic mass is 10.0. The van der Waals surface area contributed by atoms with Crippen LogP contribution in [0.1, 0.15) is 12.8 Å². The van der Waals surface area contributed by atoms with Gasteiger partial charge in [0, 0.05) is 32.2 Å². The van der Waals surface area contributed by atoms with Gasteiger partial charge in [-0.2, -0.15) is 0 Å². The Hall–Kier alpha value is -2.77. The van der Waals surface area contributed by atoms with E-state index >= 15 is 0 Å². The molecule has 140 valence electrons. The molecule has 1 heterocycles. The first-order valence-corrected chi connectivity index (χ1v) is 8.56. The number of amides is 3. The summed E-state index contributed by atoms with van der Waals surface area (Å²) in [4.78, 5) is 39.8. The van der Waals surface area contributed by atoms with Crippen LogP contribution in [0.15, 0.2) is 18.2 Å². The van der Waals surface area contributed by atoms with Gasteiger partial charge in [0.25, 0.3) is 0 Å². The molecule has 2 aliphatic rings. The highest BCUT2D eigenvalue weighted by Crippen LogP contribution is 2.48. The standard InChI is InChI=1S/C18H23N3O5/c1-25-13-3-4-15(26-2)14(11-13)19-16(23)18(5-6-18)17(24)21-9-7-20(12-22)8-10-21/h3-4,11-12H,5-10H2,1-2H3,(H,19,23). The van der Waals surface area contributed by atoms with Crippen molar-refractivity contribution < 1.29 is 23.9 Å². The van der Waals surface area contributed by atoms with Crippen molar-refractivity contribution in [2.24, 2.45) is 5.41 Å². The fraction of sp³-hybridized carbons (Fsp3) is 0.500. The van der Waals surface area contributed by atoms with E-state index < -0.39 is 5.41 Å². The quantitative estimate of drug-likeness (QED) is 0.596. The maximum Gasteiger partial charge on any atom is 0.240 e. The fourth-order valence-corrected chi connectivity index (χ4v) is 3.15. The maximum absolute atomic E-state index is 12.9. The van der Waals surface area contributed by atoms with Crippen molar-refractivity contribution in [3.05, 3.63) is 18.2 Å². The SMILES string of the molecule is COc1ccc(OC)c(NC(=O)C2(C(=O)N3CCN(C=O)CC3)CC2)c1. The third kappa shape index (κ3) is 3.31. The van der Waals surface area contributed by atoms with Crippen LogP contribution >= 0.6 is 0 Å². The van der Waals surface area contributed by atoms with Gasteiger partial charge in [-0.1, -0.05) is 0 Å². The number of carbonyl (C=O) groups excluding carboxylic acids is 3. The van der Waals surface area contributed by atoms with Crippen LogP contribution < -0.4 is 14.8 Å². The Labute approximate surface area is 152 Å². The molecule has 8 heteroatoms. The van der Waals surface area contributed by atoms with Crippen molar-refractivity contribution in [3.8, 4) is 11.5 Å². The molecule has 3 amide bonds. The van der Waals surface area contributed by atoms with Crippen LogP contribution in [0, 0.1) is 5.41 Å². The molecule has 0 bridgehead atoms. The number of methoxy groups -OCH3 is 2. The summed E-state index contributed by atoms with van der Waals surface area (Å²) in [6.07, 6.45) is 1.84. The highest BCUT2D eigenvalue weighted by molar-refractivity contribution is 6.13. The molecule has 1 saturated carbocycles. The number of benzene rings is 1. The van der Waals surface area contributed by atoms with Crippen molar-refractivity contribution in [2.45, 2.75) is 12.8 Å². The molecule has 1 aromatic rings. The van der Waals surface area contributed by atoms with Gasteiger partial charge in [-0.15, -0.1) is 0 Å². The summed E-state index contributed by atoms with van der Waals surface area (Å²) in [6, 6.07) is 5.10. The first-order chi connectivity index (χ1) is 12.5. The zero-order chi connectivity index (χ0) is 18.7. The molecule has 1 aromatic carbocycles. The molecule has 2 fully saturated rings. The molecule has 1 aliphatic heterocycles. The van der Waals surface area contributed by atoms with Crippen LogP contribution in [0.4, 0.5) is 5.69 Å². The number of rotatable bonds is 6. The zero-order valence-electron chi connectivity index (χ0n) is 15.0. The number of anilines is 1. The summed E-state index contributed by atoms with van der Waals surface area (Å²) in [5.41, 5.74) is -0.543. The van der Waals surface area contributed by atoms with Crippen LogP contribution in [0.2, 0.25) is 0 Å². The predicted molar refractivity (Wildman–Crippen MR) is 94.1 cm³/mol. The first kappa shape index (κ1) is 18.0. The minimum atomic E-state index is -1.02. The third-order valence-electron chi connectivity index (χ3n) is 5.00. The number of carbonyl (C=O) groups is 3. The Bertz CT molecular complexity index is 709. The fourth-order valence-electron chi connectivity index (χ4n) is 3.15. The monoisotopic (exact) mass is 361 g/mol. The van der Waals surface area contributed by atoms with Gasteiger partial charge >= 0.3 is 0 Å². The van der Waals surface area contributed by atoms with E-state index in [1.54, 1.807) is 28.0 Å². The minimum absolute atomic E-state index is 0.164. The van der Waals surface area contributed by atoms with Gasteiger partial charge in [-0.3, -0.25) is 14.4 Å². The predicted octanol–water partition coefficient (Wildman–Crippen LogP) is 0.723. The molecule has 0 unspecified atom stereocenters. The number of nitrogens with one attached hydrogen (secondary N) is 1. The van der Waals surface area contributed by atoms with Crippen LogP contribution in [-0.4, -0.2) is 68.4 Å². The molecule has 1 aliphatic carbocycles. The summed E-state index contributed by atoms with van der Waals surface area (Å²) in [5.74, 6) is 0.596. The van der Waals surface area contributed by atoms with E-state index in [1.165, 1.54) is 14.2 Å². The molecule has 8 nitrogen and oxygen atoms in total. The highest BCUT2D eigenvalue weighted by Gasteiger charge is 2.58. The second kappa shape index (κ2) is 7.23. The summed E-state index contributed by atoms with van der Waals surface area (Å²) in [5, 5.41) is 2.82. The van der Waals surface area contributed by atoms with Gasteiger partial charge in [0.1, 0.15) is 16.9 Å². The molecule has 3 rings (SSSR count). The average Bonchev–Trinajstić information content (AvgIpc) is 3.49. The number of hydrogen-bond acceptors (Lipinski definition) is 5. The highest BCUT2D eigenvalue weighted by atomic mass is 16.5. The topological polar surface area (TPSA) is 88.2 Å². The minimum Gasteiger partial charge on any atom is -0.497 e. The van der Waals surface area contributed by atoms with Crippen LogP contribution in [-0.2, 0) is 14.4 Å². The summed E-state index contributed by atoms with van der Waals surface area (Å²) < 4.78 is 10.5. The molecular formula is C18H23N3O5. The van der Waals surface area contributed by atoms with E-state index in [4.69, 9.17) is 9.47 Å². The number of hydrogen-bond donors (Lipinski definition) is 1. The van der Waals surface area contributed by atoms with Crippen molar-refractivity contribution in [1.82, 2.24) is 9.80 Å². The largest absolute Gasteiger partial charge is 0.497 e. The number of nitrogens with zero attached hydrogens (tertiary/aromatic N) is 2. The van der Waals surface area contributed by atoms with E-state index in [1.807, 2.05) is 0 Å². The third-order valence-corrected chi connectivity index (χ3v) is 5.00. The smallest absolute Gasteiger partial charge is 0.240 e. The second-order valence-corrected chi connectivity index (χ2v) is 6.54. The average molecular weight is 361 g/mol. The zero-order valence-corrected chi connectivity index (χ0v) is 15.0. The Kier molecular flexibility index (Phi) is 5.01. The lowest BCUT2D eigenvalue weighted by Crippen LogP contribution is -2.52. The van der Waals surface area contributed by atoms with Crippen LogP contribution in [0.25, 0.3) is 0 Å². The van der Waals surface area contributed by atoms with Crippen LogP contribution in [0.5, 0.6) is 11.5 Å². The Morgan fingerprint density at radius 1 is 1.12 bits per heavy atom. The number of piperazine rings is 1. The van der Waals surface area contributed by atoms with E-state index in [2.05, 4.69) is 5.32 Å². The lowest BCUT2D eigenvalue weighted by Gasteiger charge is -2.34. The molecule has 0 aromatic heterocycles. The molecule has 0 atom stereocenters. The van der Waals surface area contributed by atoms with Crippen molar-refractivity contribution in [2.75, 3.05) is 45.7 Å². The molecule has 0 spiro atoms. The van der Waals surface area contributed by atoms with E-state index in [9.17, 15) is 14.4 Å².